The van der Waals surface area contributed by atoms with Crippen LogP contribution in [-0.4, -0.2) is 24.9 Å². The average molecular weight is 691 g/mol. The molecule has 0 N–H and O–H groups in total. The molecule has 0 aliphatic rings. The second-order valence-electron chi connectivity index (χ2n) is 12.8. The van der Waals surface area contributed by atoms with Gasteiger partial charge in [-0.15, -0.1) is 0 Å². The van der Waals surface area contributed by atoms with Crippen molar-refractivity contribution in [1.29, 1.82) is 0 Å². The first kappa shape index (κ1) is 32.3. The smallest absolute Gasteiger partial charge is 0.187 e. The predicted octanol–water partition coefficient (Wildman–Crippen LogP) is 12.0. The molecule has 0 atom stereocenters. The molecule has 252 valence electrons. The number of aromatic nitrogens is 5. The summed E-state index contributed by atoms with van der Waals surface area (Å²) in [5, 5.41) is 0.990. The van der Waals surface area contributed by atoms with Crippen LogP contribution in [-0.2, 0) is 0 Å². The van der Waals surface area contributed by atoms with Crippen molar-refractivity contribution in [1.82, 2.24) is 24.9 Å². The van der Waals surface area contributed by atoms with Crippen molar-refractivity contribution in [2.45, 2.75) is 0 Å². The number of hydrogen-bond acceptors (Lipinski definition) is 5. The molecule has 6 nitrogen and oxygen atoms in total. The van der Waals surface area contributed by atoms with Gasteiger partial charge in [-0.2, -0.15) is 0 Å². The second-order valence-corrected chi connectivity index (χ2v) is 12.8. The topological polar surface area (TPSA) is 68.8 Å². The van der Waals surface area contributed by atoms with Crippen molar-refractivity contribution in [3.05, 3.63) is 193 Å². The highest BCUT2D eigenvalue weighted by Gasteiger charge is 2.21. The molecule has 0 amide bonds. The summed E-state index contributed by atoms with van der Waals surface area (Å²) in [4.78, 5) is 29.3. The number of rotatable bonds is 7. The predicted molar refractivity (Wildman–Crippen MR) is 217 cm³/mol. The van der Waals surface area contributed by atoms with Gasteiger partial charge in [0.1, 0.15) is 0 Å². The fourth-order valence-electron chi connectivity index (χ4n) is 6.75. The Labute approximate surface area is 313 Å². The first-order valence-corrected chi connectivity index (χ1v) is 17.6. The summed E-state index contributed by atoms with van der Waals surface area (Å²) in [7, 11) is 0. The van der Waals surface area contributed by atoms with Gasteiger partial charge in [0.25, 0.3) is 0 Å². The summed E-state index contributed by atoms with van der Waals surface area (Å²) in [6.07, 6.45) is 0. The van der Waals surface area contributed by atoms with Crippen molar-refractivity contribution in [3.8, 4) is 79.1 Å². The Morgan fingerprint density at radius 3 is 1.54 bits per heavy atom. The summed E-state index contributed by atoms with van der Waals surface area (Å²) in [6.45, 7) is 7.65. The van der Waals surface area contributed by atoms with E-state index < -0.39 is 0 Å². The molecule has 6 heteroatoms. The van der Waals surface area contributed by atoms with E-state index >= 15 is 0 Å². The molecule has 54 heavy (non-hydrogen) atoms. The fourth-order valence-corrected chi connectivity index (χ4v) is 6.75. The van der Waals surface area contributed by atoms with E-state index in [4.69, 9.17) is 31.5 Å². The minimum Gasteiger partial charge on any atom is -0.238 e. The van der Waals surface area contributed by atoms with Crippen LogP contribution in [0.2, 0.25) is 0 Å². The maximum atomic E-state index is 7.65. The molecule has 0 bridgehead atoms. The Morgan fingerprint density at radius 2 is 0.852 bits per heavy atom. The first-order valence-electron chi connectivity index (χ1n) is 17.6. The SMILES string of the molecule is [C-]#[N+]c1cccc(-c2ccc(-c3ccccc3-c3nc(-c4ccccc4)c4ccccc4n3)c(-c3nc(-c4ccccc4)nc(-c4ccccc4)n3)c2)c1. The zero-order chi connectivity index (χ0) is 36.3. The largest absolute Gasteiger partial charge is 0.238 e. The van der Waals surface area contributed by atoms with Crippen LogP contribution in [0.4, 0.5) is 5.69 Å². The number of hydrogen-bond donors (Lipinski definition) is 0. The van der Waals surface area contributed by atoms with Crippen molar-refractivity contribution in [3.63, 3.8) is 0 Å². The average Bonchev–Trinajstić information content (AvgIpc) is 3.26. The molecule has 0 aliphatic heterocycles. The molecule has 0 spiro atoms. The Hall–Kier alpha value is -7.62. The lowest BCUT2D eigenvalue weighted by atomic mass is 9.91. The molecule has 9 aromatic rings. The van der Waals surface area contributed by atoms with Crippen molar-refractivity contribution >= 4 is 16.6 Å². The van der Waals surface area contributed by atoms with Crippen molar-refractivity contribution in [2.75, 3.05) is 0 Å². The van der Waals surface area contributed by atoms with Crippen LogP contribution >= 0.6 is 0 Å². The Balaban J connectivity index is 1.30. The molecule has 2 aromatic heterocycles. The molecule has 9 rings (SSSR count). The highest BCUT2D eigenvalue weighted by Crippen LogP contribution is 2.41. The highest BCUT2D eigenvalue weighted by molar-refractivity contribution is 5.96. The van der Waals surface area contributed by atoms with Gasteiger partial charge >= 0.3 is 0 Å². The van der Waals surface area contributed by atoms with Crippen LogP contribution in [0.5, 0.6) is 0 Å². The third kappa shape index (κ3) is 6.27. The van der Waals surface area contributed by atoms with Crippen LogP contribution in [0.1, 0.15) is 0 Å². The molecule has 0 unspecified atom stereocenters. The van der Waals surface area contributed by atoms with Gasteiger partial charge in [-0.1, -0.05) is 164 Å². The van der Waals surface area contributed by atoms with Gasteiger partial charge in [-0.05, 0) is 40.5 Å². The number of nitrogens with zero attached hydrogens (tertiary/aromatic N) is 6. The van der Waals surface area contributed by atoms with Crippen molar-refractivity contribution < 1.29 is 0 Å². The molecule has 0 aliphatic carbocycles. The van der Waals surface area contributed by atoms with E-state index in [1.54, 1.807) is 0 Å². The standard InChI is InChI=1S/C48H30N6/c1-49-37-23-15-22-35(30-37)36-28-29-39(42(31-36)48-53-45(33-18-7-3-8-19-33)52-46(54-48)34-20-9-4-10-21-34)38-24-11-12-25-40(38)47-50-43-27-14-13-26-41(43)44(51-47)32-16-5-2-6-17-32/h2-31H. The Morgan fingerprint density at radius 1 is 0.333 bits per heavy atom. The zero-order valence-corrected chi connectivity index (χ0v) is 29.0. The van der Waals surface area contributed by atoms with Gasteiger partial charge in [-0.3, -0.25) is 0 Å². The molecule has 0 radical (unpaired) electrons. The molecular weight excluding hydrogens is 661 g/mol. The molecule has 7 aromatic carbocycles. The van der Waals surface area contributed by atoms with E-state index in [9.17, 15) is 0 Å². The number of fused-ring (bicyclic) bond motifs is 1. The summed E-state index contributed by atoms with van der Waals surface area (Å²) in [5.74, 6) is 2.29. The fraction of sp³-hybridized carbons (Fsp3) is 0. The third-order valence-electron chi connectivity index (χ3n) is 9.38. The number of para-hydroxylation sites is 1. The van der Waals surface area contributed by atoms with E-state index in [2.05, 4.69) is 53.4 Å². The van der Waals surface area contributed by atoms with Crippen molar-refractivity contribution in [2.24, 2.45) is 0 Å². The molecule has 0 saturated carbocycles. The molecular formula is C48H30N6. The second kappa shape index (κ2) is 14.2. The van der Waals surface area contributed by atoms with Gasteiger partial charge in [0.05, 0.1) is 17.8 Å². The lowest BCUT2D eigenvalue weighted by Gasteiger charge is -2.17. The Kier molecular flexibility index (Phi) is 8.48. The summed E-state index contributed by atoms with van der Waals surface area (Å²) >= 11 is 0. The Bertz CT molecular complexity index is 2770. The summed E-state index contributed by atoms with van der Waals surface area (Å²) < 4.78 is 0. The van der Waals surface area contributed by atoms with E-state index in [0.717, 1.165) is 66.7 Å². The maximum Gasteiger partial charge on any atom is 0.187 e. The van der Waals surface area contributed by atoms with Gasteiger partial charge in [0.2, 0.25) is 0 Å². The number of benzene rings is 7. The highest BCUT2D eigenvalue weighted by atomic mass is 15.0. The van der Waals surface area contributed by atoms with Crippen LogP contribution < -0.4 is 0 Å². The molecule has 0 saturated heterocycles. The van der Waals surface area contributed by atoms with Gasteiger partial charge in [-0.25, -0.2) is 29.8 Å². The first-order chi connectivity index (χ1) is 26.7. The minimum atomic E-state index is 0.528. The lowest BCUT2D eigenvalue weighted by molar-refractivity contribution is 1.07. The van der Waals surface area contributed by atoms with E-state index in [1.807, 2.05) is 133 Å². The minimum absolute atomic E-state index is 0.528. The van der Waals surface area contributed by atoms with Gasteiger partial charge < -0.3 is 0 Å². The summed E-state index contributed by atoms with van der Waals surface area (Å²) in [5.41, 5.74) is 10.5. The van der Waals surface area contributed by atoms with E-state index in [0.29, 0.717) is 29.0 Å². The van der Waals surface area contributed by atoms with Crippen LogP contribution in [0.25, 0.3) is 94.8 Å². The maximum absolute atomic E-state index is 7.65. The summed E-state index contributed by atoms with van der Waals surface area (Å²) in [6, 6.07) is 60.6. The molecule has 2 heterocycles. The quantitative estimate of drug-likeness (QED) is 0.156. The van der Waals surface area contributed by atoms with E-state index in [1.165, 1.54) is 0 Å². The lowest BCUT2D eigenvalue weighted by Crippen LogP contribution is -2.02. The van der Waals surface area contributed by atoms with Crippen LogP contribution in [0.15, 0.2) is 182 Å². The monoisotopic (exact) mass is 690 g/mol. The molecule has 0 fully saturated rings. The van der Waals surface area contributed by atoms with Crippen LogP contribution in [0, 0.1) is 6.57 Å². The van der Waals surface area contributed by atoms with E-state index in [-0.39, 0.29) is 0 Å². The normalized spacial score (nSPS) is 10.9. The van der Waals surface area contributed by atoms with Gasteiger partial charge in [0.15, 0.2) is 29.0 Å². The van der Waals surface area contributed by atoms with Gasteiger partial charge in [0, 0.05) is 33.2 Å². The zero-order valence-electron chi connectivity index (χ0n) is 29.0. The third-order valence-corrected chi connectivity index (χ3v) is 9.38. The van der Waals surface area contributed by atoms with Crippen LogP contribution in [0.3, 0.4) is 0 Å².